The maximum atomic E-state index is 11.7. The molecule has 1 unspecified atom stereocenters. The molecule has 0 aliphatic heterocycles. The van der Waals surface area contributed by atoms with E-state index in [9.17, 15) is 9.59 Å². The predicted molar refractivity (Wildman–Crippen MR) is 88.8 cm³/mol. The predicted octanol–water partition coefficient (Wildman–Crippen LogP) is 4.95. The highest BCUT2D eigenvalue weighted by Crippen LogP contribution is 2.15. The molecule has 0 rings (SSSR count). The zero-order valence-electron chi connectivity index (χ0n) is 14.6. The second-order valence-electron chi connectivity index (χ2n) is 6.13. The molecule has 4 nitrogen and oxygen atoms in total. The van der Waals surface area contributed by atoms with Crippen molar-refractivity contribution in [3.8, 4) is 0 Å². The second-order valence-corrected chi connectivity index (χ2v) is 6.13. The molecule has 130 valence electrons. The van der Waals surface area contributed by atoms with Crippen LogP contribution in [0.5, 0.6) is 0 Å². The molecule has 0 aromatic heterocycles. The van der Waals surface area contributed by atoms with Crippen molar-refractivity contribution in [2.75, 3.05) is 0 Å². The van der Waals surface area contributed by atoms with E-state index in [0.29, 0.717) is 12.8 Å². The molecular formula is C18H34O4. The van der Waals surface area contributed by atoms with Crippen LogP contribution in [0.25, 0.3) is 0 Å². The lowest BCUT2D eigenvalue weighted by molar-refractivity contribution is -0.157. The van der Waals surface area contributed by atoms with Crippen LogP contribution >= 0.6 is 0 Å². The Kier molecular flexibility index (Phi) is 12.9. The molecule has 0 saturated carbocycles. The van der Waals surface area contributed by atoms with E-state index in [1.165, 1.54) is 44.9 Å². The highest BCUT2D eigenvalue weighted by molar-refractivity contribution is 5.73. The maximum Gasteiger partial charge on any atom is 0.310 e. The lowest BCUT2D eigenvalue weighted by Crippen LogP contribution is -2.29. The first-order valence-corrected chi connectivity index (χ1v) is 8.95. The van der Waals surface area contributed by atoms with E-state index >= 15 is 0 Å². The third-order valence-electron chi connectivity index (χ3n) is 4.13. The number of rotatable bonds is 14. The normalized spacial score (nSPS) is 13.6. The van der Waals surface area contributed by atoms with Crippen LogP contribution in [0.4, 0.5) is 0 Å². The van der Waals surface area contributed by atoms with Crippen molar-refractivity contribution in [2.24, 2.45) is 5.92 Å². The first kappa shape index (κ1) is 20.9. The van der Waals surface area contributed by atoms with Gasteiger partial charge in [-0.05, 0) is 19.8 Å². The van der Waals surface area contributed by atoms with Gasteiger partial charge in [0.1, 0.15) is 6.10 Å². The number of esters is 1. The van der Waals surface area contributed by atoms with Crippen LogP contribution in [0.15, 0.2) is 0 Å². The van der Waals surface area contributed by atoms with Gasteiger partial charge in [0.15, 0.2) is 0 Å². The van der Waals surface area contributed by atoms with Crippen molar-refractivity contribution < 1.29 is 19.4 Å². The quantitative estimate of drug-likeness (QED) is 0.364. The van der Waals surface area contributed by atoms with Crippen molar-refractivity contribution >= 4 is 11.9 Å². The Hall–Kier alpha value is -1.06. The van der Waals surface area contributed by atoms with Crippen molar-refractivity contribution in [3.63, 3.8) is 0 Å². The Labute approximate surface area is 135 Å². The van der Waals surface area contributed by atoms with Gasteiger partial charge in [-0.3, -0.25) is 9.59 Å². The van der Waals surface area contributed by atoms with Gasteiger partial charge < -0.3 is 9.84 Å². The van der Waals surface area contributed by atoms with Crippen LogP contribution in [0, 0.1) is 5.92 Å². The van der Waals surface area contributed by atoms with Crippen LogP contribution in [0.1, 0.15) is 91.4 Å². The zero-order valence-corrected chi connectivity index (χ0v) is 14.6. The number of unbranched alkanes of at least 4 members (excludes halogenated alkanes) is 8. The van der Waals surface area contributed by atoms with Gasteiger partial charge in [-0.1, -0.05) is 65.2 Å². The third-order valence-corrected chi connectivity index (χ3v) is 4.13. The summed E-state index contributed by atoms with van der Waals surface area (Å²) in [4.78, 5) is 22.7. The number of carboxylic acid groups (broad SMARTS) is 1. The molecule has 0 bridgehead atoms. The number of hydrogen-bond acceptors (Lipinski definition) is 3. The minimum atomic E-state index is -0.897. The number of carboxylic acids is 1. The summed E-state index contributed by atoms with van der Waals surface area (Å²) in [6.07, 6.45) is 11.2. The molecule has 0 amide bonds. The molecular weight excluding hydrogens is 280 g/mol. The summed E-state index contributed by atoms with van der Waals surface area (Å²) in [6, 6.07) is 0. The summed E-state index contributed by atoms with van der Waals surface area (Å²) in [5.41, 5.74) is 0. The summed E-state index contributed by atoms with van der Waals surface area (Å²) >= 11 is 0. The molecule has 0 fully saturated rings. The highest BCUT2D eigenvalue weighted by atomic mass is 16.5. The monoisotopic (exact) mass is 314 g/mol. The Balaban J connectivity index is 3.59. The summed E-state index contributed by atoms with van der Waals surface area (Å²) in [5.74, 6) is -1.77. The topological polar surface area (TPSA) is 63.6 Å². The van der Waals surface area contributed by atoms with Crippen molar-refractivity contribution in [3.05, 3.63) is 0 Å². The summed E-state index contributed by atoms with van der Waals surface area (Å²) in [5, 5.41) is 9.02. The first-order valence-electron chi connectivity index (χ1n) is 8.95. The maximum absolute atomic E-state index is 11.7. The fraction of sp³-hybridized carbons (Fsp3) is 0.889. The zero-order chi connectivity index (χ0) is 16.8. The van der Waals surface area contributed by atoms with Crippen molar-refractivity contribution in [2.45, 2.75) is 97.5 Å². The Morgan fingerprint density at radius 2 is 1.41 bits per heavy atom. The molecule has 0 aromatic carbocycles. The van der Waals surface area contributed by atoms with Gasteiger partial charge in [0.2, 0.25) is 0 Å². The highest BCUT2D eigenvalue weighted by Gasteiger charge is 2.25. The van der Waals surface area contributed by atoms with Gasteiger partial charge in [0, 0.05) is 6.42 Å². The van der Waals surface area contributed by atoms with Crippen LogP contribution in [-0.2, 0) is 14.3 Å². The lowest BCUT2D eigenvalue weighted by atomic mass is 10.0. The molecule has 2 atom stereocenters. The van der Waals surface area contributed by atoms with Gasteiger partial charge in [-0.15, -0.1) is 0 Å². The van der Waals surface area contributed by atoms with Gasteiger partial charge in [-0.2, -0.15) is 0 Å². The summed E-state index contributed by atoms with van der Waals surface area (Å²) in [7, 11) is 0. The summed E-state index contributed by atoms with van der Waals surface area (Å²) < 4.78 is 5.22. The van der Waals surface area contributed by atoms with Gasteiger partial charge >= 0.3 is 11.9 Å². The summed E-state index contributed by atoms with van der Waals surface area (Å²) in [6.45, 7) is 5.68. The van der Waals surface area contributed by atoms with E-state index in [0.717, 1.165) is 12.8 Å². The molecule has 22 heavy (non-hydrogen) atoms. The lowest BCUT2D eigenvalue weighted by Gasteiger charge is -2.19. The Bertz CT molecular complexity index is 301. The van der Waals surface area contributed by atoms with Crippen molar-refractivity contribution in [1.82, 2.24) is 0 Å². The van der Waals surface area contributed by atoms with E-state index < -0.39 is 18.0 Å². The van der Waals surface area contributed by atoms with E-state index in [-0.39, 0.29) is 5.97 Å². The van der Waals surface area contributed by atoms with E-state index in [2.05, 4.69) is 6.92 Å². The minimum Gasteiger partial charge on any atom is -0.481 e. The number of carbonyl (C=O) groups is 2. The smallest absolute Gasteiger partial charge is 0.310 e. The average molecular weight is 314 g/mol. The molecule has 0 aromatic rings. The van der Waals surface area contributed by atoms with E-state index in [1.807, 2.05) is 0 Å². The van der Waals surface area contributed by atoms with Crippen LogP contribution in [0.3, 0.4) is 0 Å². The number of aliphatic carboxylic acids is 1. The van der Waals surface area contributed by atoms with Gasteiger partial charge in [0.05, 0.1) is 5.92 Å². The van der Waals surface area contributed by atoms with Crippen LogP contribution in [-0.4, -0.2) is 23.1 Å². The van der Waals surface area contributed by atoms with Gasteiger partial charge in [-0.25, -0.2) is 0 Å². The van der Waals surface area contributed by atoms with Crippen LogP contribution in [0.2, 0.25) is 0 Å². The van der Waals surface area contributed by atoms with Crippen LogP contribution < -0.4 is 0 Å². The van der Waals surface area contributed by atoms with E-state index in [1.54, 1.807) is 13.8 Å². The average Bonchev–Trinajstić information content (AvgIpc) is 2.45. The first-order chi connectivity index (χ1) is 10.5. The number of carbonyl (C=O) groups excluding carboxylic acids is 1. The Morgan fingerprint density at radius 1 is 0.909 bits per heavy atom. The fourth-order valence-corrected chi connectivity index (χ4v) is 2.64. The van der Waals surface area contributed by atoms with Gasteiger partial charge in [0.25, 0.3) is 0 Å². The number of ether oxygens (including phenoxy) is 1. The number of hydrogen-bond donors (Lipinski definition) is 1. The molecule has 1 N–H and O–H groups in total. The molecule has 0 aliphatic carbocycles. The van der Waals surface area contributed by atoms with Crippen molar-refractivity contribution in [1.29, 1.82) is 0 Å². The SMILES string of the molecule is CCCCCCCCCCCC(=O)O[C@H](C)C(CC)C(=O)O. The molecule has 0 aliphatic rings. The molecule has 0 saturated heterocycles. The van der Waals surface area contributed by atoms with E-state index in [4.69, 9.17) is 9.84 Å². The third kappa shape index (κ3) is 10.6. The molecule has 4 heteroatoms. The largest absolute Gasteiger partial charge is 0.481 e. The molecule has 0 heterocycles. The Morgan fingerprint density at radius 3 is 1.86 bits per heavy atom. The fourth-order valence-electron chi connectivity index (χ4n) is 2.64. The molecule has 0 spiro atoms. The molecule has 0 radical (unpaired) electrons. The minimum absolute atomic E-state index is 0.268. The second kappa shape index (κ2) is 13.6. The standard InChI is InChI=1S/C18H34O4/c1-4-6-7-8-9-10-11-12-13-14-17(19)22-15(3)16(5-2)18(20)21/h15-16H,4-14H2,1-3H3,(H,20,21)/t15-,16?/m1/s1.